The highest BCUT2D eigenvalue weighted by Gasteiger charge is 2.35. The van der Waals surface area contributed by atoms with Crippen molar-refractivity contribution in [2.24, 2.45) is 0 Å². The van der Waals surface area contributed by atoms with Gasteiger partial charge in [0, 0.05) is 25.3 Å². The molecule has 0 radical (unpaired) electrons. The number of fused-ring (bicyclic) bond motifs is 1. The number of aliphatic hydroxyl groups is 1. The van der Waals surface area contributed by atoms with Gasteiger partial charge in [0.2, 0.25) is 0 Å². The summed E-state index contributed by atoms with van der Waals surface area (Å²) in [5.74, 6) is -0.920. The van der Waals surface area contributed by atoms with E-state index in [1.54, 1.807) is 13.1 Å². The SMILES string of the molecule is CN1C(=O)C(=O)c2ccc(N(CCO)C3CC3)cc21. The molecule has 1 heterocycles. The molecule has 1 aliphatic carbocycles. The monoisotopic (exact) mass is 260 g/mol. The molecule has 1 saturated carbocycles. The molecule has 1 aromatic rings. The zero-order valence-electron chi connectivity index (χ0n) is 10.8. The van der Waals surface area contributed by atoms with Crippen molar-refractivity contribution in [1.82, 2.24) is 0 Å². The highest BCUT2D eigenvalue weighted by atomic mass is 16.3. The van der Waals surface area contributed by atoms with Crippen molar-refractivity contribution in [2.45, 2.75) is 18.9 Å². The number of ketones is 1. The molecule has 3 rings (SSSR count). The number of hydrogen-bond acceptors (Lipinski definition) is 4. The maximum atomic E-state index is 11.7. The highest BCUT2D eigenvalue weighted by molar-refractivity contribution is 6.52. The number of carbonyl (C=O) groups is 2. The second-order valence-electron chi connectivity index (χ2n) is 5.04. The van der Waals surface area contributed by atoms with E-state index < -0.39 is 11.7 Å². The molecule has 0 aromatic heterocycles. The Morgan fingerprint density at radius 1 is 1.37 bits per heavy atom. The van der Waals surface area contributed by atoms with Crippen LogP contribution in [0.1, 0.15) is 23.2 Å². The van der Waals surface area contributed by atoms with Gasteiger partial charge in [-0.25, -0.2) is 0 Å². The lowest BCUT2D eigenvalue weighted by atomic mass is 10.1. The van der Waals surface area contributed by atoms with Crippen molar-refractivity contribution in [3.8, 4) is 0 Å². The molecule has 100 valence electrons. The lowest BCUT2D eigenvalue weighted by molar-refractivity contribution is -0.114. The van der Waals surface area contributed by atoms with Crippen LogP contribution in [0.2, 0.25) is 0 Å². The van der Waals surface area contributed by atoms with Gasteiger partial charge in [-0.3, -0.25) is 9.59 Å². The third-order valence-electron chi connectivity index (χ3n) is 3.75. The molecule has 1 fully saturated rings. The number of benzene rings is 1. The third kappa shape index (κ3) is 1.90. The number of amides is 1. The molecule has 1 N–H and O–H groups in total. The van der Waals surface area contributed by atoms with Gasteiger partial charge < -0.3 is 14.9 Å². The summed E-state index contributed by atoms with van der Waals surface area (Å²) in [6.45, 7) is 0.677. The second kappa shape index (κ2) is 4.35. The number of hydrogen-bond donors (Lipinski definition) is 1. The van der Waals surface area contributed by atoms with Gasteiger partial charge in [0.25, 0.3) is 11.7 Å². The first-order chi connectivity index (χ1) is 9.13. The van der Waals surface area contributed by atoms with Crippen LogP contribution >= 0.6 is 0 Å². The molecule has 1 amide bonds. The van der Waals surface area contributed by atoms with Crippen molar-refractivity contribution in [3.05, 3.63) is 23.8 Å². The van der Waals surface area contributed by atoms with Crippen LogP contribution in [0.4, 0.5) is 11.4 Å². The molecule has 0 spiro atoms. The number of carbonyl (C=O) groups excluding carboxylic acids is 2. The topological polar surface area (TPSA) is 60.9 Å². The van der Waals surface area contributed by atoms with Crippen LogP contribution in [0.5, 0.6) is 0 Å². The van der Waals surface area contributed by atoms with E-state index in [1.807, 2.05) is 12.1 Å². The van der Waals surface area contributed by atoms with E-state index in [2.05, 4.69) is 4.90 Å². The predicted octanol–water partition coefficient (Wildman–Crippen LogP) is 0.807. The van der Waals surface area contributed by atoms with Crippen LogP contribution in [-0.2, 0) is 4.79 Å². The number of rotatable bonds is 4. The summed E-state index contributed by atoms with van der Waals surface area (Å²) in [5, 5.41) is 9.14. The van der Waals surface area contributed by atoms with Gasteiger partial charge in [0.1, 0.15) is 0 Å². The van der Waals surface area contributed by atoms with Gasteiger partial charge in [-0.2, -0.15) is 0 Å². The van der Waals surface area contributed by atoms with Gasteiger partial charge in [-0.05, 0) is 31.0 Å². The van der Waals surface area contributed by atoms with Crippen molar-refractivity contribution < 1.29 is 14.7 Å². The molecule has 5 heteroatoms. The van der Waals surface area contributed by atoms with Crippen LogP contribution < -0.4 is 9.80 Å². The predicted molar refractivity (Wildman–Crippen MR) is 71.6 cm³/mol. The molecule has 19 heavy (non-hydrogen) atoms. The maximum Gasteiger partial charge on any atom is 0.299 e. The Labute approximate surface area is 111 Å². The van der Waals surface area contributed by atoms with Crippen molar-refractivity contribution in [2.75, 3.05) is 30.0 Å². The lowest BCUT2D eigenvalue weighted by Gasteiger charge is -2.24. The summed E-state index contributed by atoms with van der Waals surface area (Å²) < 4.78 is 0. The first-order valence-corrected chi connectivity index (χ1v) is 6.47. The van der Waals surface area contributed by atoms with E-state index in [9.17, 15) is 9.59 Å². The summed E-state index contributed by atoms with van der Waals surface area (Å²) in [6.07, 6.45) is 2.26. The Morgan fingerprint density at radius 2 is 2.11 bits per heavy atom. The Kier molecular flexibility index (Phi) is 2.78. The Morgan fingerprint density at radius 3 is 2.74 bits per heavy atom. The summed E-state index contributed by atoms with van der Waals surface area (Å²) >= 11 is 0. The molecule has 0 unspecified atom stereocenters. The van der Waals surface area contributed by atoms with Crippen molar-refractivity contribution in [3.63, 3.8) is 0 Å². The molecule has 2 aliphatic rings. The second-order valence-corrected chi connectivity index (χ2v) is 5.04. The molecule has 0 saturated heterocycles. The Balaban J connectivity index is 1.97. The first-order valence-electron chi connectivity index (χ1n) is 6.47. The van der Waals surface area contributed by atoms with Gasteiger partial charge in [0.15, 0.2) is 0 Å². The number of likely N-dealkylation sites (N-methyl/N-ethyl adjacent to an activating group) is 1. The van der Waals surface area contributed by atoms with Gasteiger partial charge in [-0.1, -0.05) is 0 Å². The van der Waals surface area contributed by atoms with Crippen LogP contribution in [0, 0.1) is 0 Å². The minimum atomic E-state index is -0.479. The van der Waals surface area contributed by atoms with E-state index >= 15 is 0 Å². The molecular weight excluding hydrogens is 244 g/mol. The molecule has 0 atom stereocenters. The summed E-state index contributed by atoms with van der Waals surface area (Å²) in [7, 11) is 1.61. The zero-order chi connectivity index (χ0) is 13.6. The van der Waals surface area contributed by atoms with Gasteiger partial charge in [0.05, 0.1) is 17.9 Å². The maximum absolute atomic E-state index is 11.7. The van der Waals surface area contributed by atoms with E-state index in [0.717, 1.165) is 18.5 Å². The third-order valence-corrected chi connectivity index (χ3v) is 3.75. The fourth-order valence-electron chi connectivity index (χ4n) is 2.56. The Hall–Kier alpha value is -1.88. The minimum Gasteiger partial charge on any atom is -0.395 e. The number of anilines is 2. The summed E-state index contributed by atoms with van der Waals surface area (Å²) in [5.41, 5.74) is 2.09. The summed E-state index contributed by atoms with van der Waals surface area (Å²) in [4.78, 5) is 26.9. The average Bonchev–Trinajstić information content (AvgIpc) is 3.23. The van der Waals surface area contributed by atoms with Gasteiger partial charge >= 0.3 is 0 Å². The normalized spacial score (nSPS) is 17.9. The van der Waals surface area contributed by atoms with Crippen molar-refractivity contribution >= 4 is 23.1 Å². The summed E-state index contributed by atoms with van der Waals surface area (Å²) in [6, 6.07) is 5.91. The smallest absolute Gasteiger partial charge is 0.299 e. The minimum absolute atomic E-state index is 0.0985. The number of Topliss-reactive ketones (excluding diaryl/α,β-unsaturated/α-hetero) is 1. The fraction of sp³-hybridized carbons (Fsp3) is 0.429. The van der Waals surface area contributed by atoms with E-state index in [-0.39, 0.29) is 6.61 Å². The number of nitrogens with zero attached hydrogens (tertiary/aromatic N) is 2. The molecule has 0 bridgehead atoms. The quantitative estimate of drug-likeness (QED) is 0.814. The van der Waals surface area contributed by atoms with E-state index in [4.69, 9.17) is 5.11 Å². The van der Waals surface area contributed by atoms with E-state index in [0.29, 0.717) is 23.8 Å². The lowest BCUT2D eigenvalue weighted by Crippen LogP contribution is -2.29. The first kappa shape index (κ1) is 12.2. The number of aliphatic hydroxyl groups excluding tert-OH is 1. The molecule has 1 aromatic carbocycles. The Bertz CT molecular complexity index is 552. The highest BCUT2D eigenvalue weighted by Crippen LogP contribution is 2.36. The average molecular weight is 260 g/mol. The largest absolute Gasteiger partial charge is 0.395 e. The molecule has 5 nitrogen and oxygen atoms in total. The van der Waals surface area contributed by atoms with E-state index in [1.165, 1.54) is 4.90 Å². The van der Waals surface area contributed by atoms with Crippen LogP contribution in [-0.4, -0.2) is 43.0 Å². The van der Waals surface area contributed by atoms with Crippen molar-refractivity contribution in [1.29, 1.82) is 0 Å². The van der Waals surface area contributed by atoms with Crippen LogP contribution in [0.15, 0.2) is 18.2 Å². The van der Waals surface area contributed by atoms with Gasteiger partial charge in [-0.15, -0.1) is 0 Å². The molecule has 1 aliphatic heterocycles. The molecular formula is C14H16N2O3. The van der Waals surface area contributed by atoms with Crippen LogP contribution in [0.3, 0.4) is 0 Å². The standard InChI is InChI=1S/C14H16N2O3/c1-15-12-8-10(16(6-7-17)9-2-3-9)4-5-11(12)13(18)14(15)19/h4-5,8-9,17H,2-3,6-7H2,1H3. The zero-order valence-corrected chi connectivity index (χ0v) is 10.8. The fourth-order valence-corrected chi connectivity index (χ4v) is 2.56. The van der Waals surface area contributed by atoms with Crippen LogP contribution in [0.25, 0.3) is 0 Å².